The highest BCUT2D eigenvalue weighted by Gasteiger charge is 2.24. The van der Waals surface area contributed by atoms with E-state index in [2.05, 4.69) is 21.7 Å². The molecule has 3 heterocycles. The number of benzene rings is 1. The van der Waals surface area contributed by atoms with Gasteiger partial charge in [0.05, 0.1) is 7.11 Å². The molecule has 1 aliphatic heterocycles. The van der Waals surface area contributed by atoms with Gasteiger partial charge in [0.2, 0.25) is 0 Å². The Morgan fingerprint density at radius 3 is 2.65 bits per heavy atom. The minimum Gasteiger partial charge on any atom is -0.497 e. The van der Waals surface area contributed by atoms with E-state index in [-0.39, 0.29) is 0 Å². The first-order chi connectivity index (χ1) is 11.4. The summed E-state index contributed by atoms with van der Waals surface area (Å²) in [5.74, 6) is 2.32. The van der Waals surface area contributed by atoms with E-state index in [0.29, 0.717) is 5.92 Å². The third-order valence-electron chi connectivity index (χ3n) is 4.36. The van der Waals surface area contributed by atoms with Crippen LogP contribution in [0.5, 0.6) is 5.75 Å². The standard InChI is InChI=1S/C18H19N3O2/c1-22-15-6-4-14(5-7-15)21-17(13-8-11-23-12-9-13)20-16-3-2-10-19-18(16)21/h2-7,10,13H,8-9,11-12H2,1H3. The van der Waals surface area contributed by atoms with Crippen molar-refractivity contribution in [3.8, 4) is 11.4 Å². The van der Waals surface area contributed by atoms with Gasteiger partial charge in [0, 0.05) is 31.0 Å². The van der Waals surface area contributed by atoms with Gasteiger partial charge in [-0.25, -0.2) is 9.97 Å². The van der Waals surface area contributed by atoms with Crippen LogP contribution in [-0.4, -0.2) is 34.9 Å². The average molecular weight is 309 g/mol. The Morgan fingerprint density at radius 1 is 1.13 bits per heavy atom. The third-order valence-corrected chi connectivity index (χ3v) is 4.36. The molecule has 1 fully saturated rings. The molecule has 2 aromatic heterocycles. The summed E-state index contributed by atoms with van der Waals surface area (Å²) in [6.07, 6.45) is 3.82. The molecule has 0 spiro atoms. The SMILES string of the molecule is COc1ccc(-n2c(C3CCOCC3)nc3cccnc32)cc1. The topological polar surface area (TPSA) is 49.2 Å². The molecule has 0 N–H and O–H groups in total. The molecule has 0 amide bonds. The summed E-state index contributed by atoms with van der Waals surface area (Å²) in [5.41, 5.74) is 2.90. The van der Waals surface area contributed by atoms with Gasteiger partial charge in [0.25, 0.3) is 0 Å². The van der Waals surface area contributed by atoms with Gasteiger partial charge >= 0.3 is 0 Å². The second-order valence-electron chi connectivity index (χ2n) is 5.74. The van der Waals surface area contributed by atoms with Crippen LogP contribution in [0.3, 0.4) is 0 Å². The van der Waals surface area contributed by atoms with Crippen molar-refractivity contribution in [2.24, 2.45) is 0 Å². The number of nitrogens with zero attached hydrogens (tertiary/aromatic N) is 3. The molecular formula is C18H19N3O2. The normalized spacial score (nSPS) is 15.9. The summed E-state index contributed by atoms with van der Waals surface area (Å²) >= 11 is 0. The molecule has 0 unspecified atom stereocenters. The van der Waals surface area contributed by atoms with E-state index >= 15 is 0 Å². The van der Waals surface area contributed by atoms with Crippen molar-refractivity contribution < 1.29 is 9.47 Å². The molecule has 3 aromatic rings. The molecule has 5 nitrogen and oxygen atoms in total. The summed E-state index contributed by atoms with van der Waals surface area (Å²) in [7, 11) is 1.68. The van der Waals surface area contributed by atoms with Crippen molar-refractivity contribution in [2.75, 3.05) is 20.3 Å². The van der Waals surface area contributed by atoms with Gasteiger partial charge in [0.15, 0.2) is 5.65 Å². The number of fused-ring (bicyclic) bond motifs is 1. The molecule has 1 saturated heterocycles. The second-order valence-corrected chi connectivity index (χ2v) is 5.74. The second kappa shape index (κ2) is 6.01. The van der Waals surface area contributed by atoms with Gasteiger partial charge < -0.3 is 9.47 Å². The lowest BCUT2D eigenvalue weighted by Crippen LogP contribution is -2.17. The van der Waals surface area contributed by atoms with Crippen molar-refractivity contribution in [3.05, 3.63) is 48.4 Å². The van der Waals surface area contributed by atoms with Crippen molar-refractivity contribution in [3.63, 3.8) is 0 Å². The smallest absolute Gasteiger partial charge is 0.164 e. The fraction of sp³-hybridized carbons (Fsp3) is 0.333. The van der Waals surface area contributed by atoms with E-state index in [0.717, 1.165) is 54.5 Å². The summed E-state index contributed by atoms with van der Waals surface area (Å²) in [6, 6.07) is 12.0. The lowest BCUT2D eigenvalue weighted by atomic mass is 9.99. The van der Waals surface area contributed by atoms with Gasteiger partial charge in [-0.15, -0.1) is 0 Å². The number of aromatic nitrogens is 3. The summed E-state index contributed by atoms with van der Waals surface area (Å²) in [4.78, 5) is 9.42. The maximum absolute atomic E-state index is 5.50. The number of pyridine rings is 1. The predicted octanol–water partition coefficient (Wildman–Crippen LogP) is 3.32. The lowest BCUT2D eigenvalue weighted by Gasteiger charge is -2.22. The first-order valence-corrected chi connectivity index (χ1v) is 7.92. The van der Waals surface area contributed by atoms with E-state index in [4.69, 9.17) is 14.5 Å². The Labute approximate surface area is 134 Å². The maximum atomic E-state index is 5.50. The van der Waals surface area contributed by atoms with Crippen LogP contribution in [0.2, 0.25) is 0 Å². The highest BCUT2D eigenvalue weighted by Crippen LogP contribution is 2.31. The van der Waals surface area contributed by atoms with Crippen LogP contribution in [0.4, 0.5) is 0 Å². The van der Waals surface area contributed by atoms with Crippen LogP contribution in [-0.2, 0) is 4.74 Å². The molecule has 0 aliphatic carbocycles. The summed E-state index contributed by atoms with van der Waals surface area (Å²) in [6.45, 7) is 1.59. The Balaban J connectivity index is 1.87. The van der Waals surface area contributed by atoms with Crippen LogP contribution in [0.25, 0.3) is 16.9 Å². The van der Waals surface area contributed by atoms with Gasteiger partial charge in [-0.05, 0) is 49.2 Å². The number of hydrogen-bond donors (Lipinski definition) is 0. The molecule has 0 atom stereocenters. The minimum atomic E-state index is 0.403. The Morgan fingerprint density at radius 2 is 1.91 bits per heavy atom. The highest BCUT2D eigenvalue weighted by atomic mass is 16.5. The van der Waals surface area contributed by atoms with Crippen LogP contribution in [0.1, 0.15) is 24.6 Å². The number of imidazole rings is 1. The van der Waals surface area contributed by atoms with Gasteiger partial charge in [-0.1, -0.05) is 0 Å². The zero-order valence-electron chi connectivity index (χ0n) is 13.1. The van der Waals surface area contributed by atoms with Gasteiger partial charge in [-0.2, -0.15) is 0 Å². The molecule has 23 heavy (non-hydrogen) atoms. The fourth-order valence-corrected chi connectivity index (χ4v) is 3.15. The zero-order valence-corrected chi connectivity index (χ0v) is 13.1. The highest BCUT2D eigenvalue weighted by molar-refractivity contribution is 5.74. The van der Waals surface area contributed by atoms with E-state index in [9.17, 15) is 0 Å². The van der Waals surface area contributed by atoms with E-state index in [1.807, 2.05) is 30.5 Å². The third kappa shape index (κ3) is 2.57. The fourth-order valence-electron chi connectivity index (χ4n) is 3.15. The average Bonchev–Trinajstić information content (AvgIpc) is 3.02. The molecule has 4 rings (SSSR count). The maximum Gasteiger partial charge on any atom is 0.164 e. The first kappa shape index (κ1) is 14.2. The van der Waals surface area contributed by atoms with Gasteiger partial charge in [0.1, 0.15) is 17.1 Å². The number of methoxy groups -OCH3 is 1. The van der Waals surface area contributed by atoms with Crippen LogP contribution >= 0.6 is 0 Å². The van der Waals surface area contributed by atoms with Crippen molar-refractivity contribution >= 4 is 11.2 Å². The van der Waals surface area contributed by atoms with Crippen molar-refractivity contribution in [1.82, 2.24) is 14.5 Å². The van der Waals surface area contributed by atoms with Crippen molar-refractivity contribution in [2.45, 2.75) is 18.8 Å². The van der Waals surface area contributed by atoms with E-state index in [1.54, 1.807) is 7.11 Å². The first-order valence-electron chi connectivity index (χ1n) is 7.92. The Bertz CT molecular complexity index is 805. The summed E-state index contributed by atoms with van der Waals surface area (Å²) < 4.78 is 12.9. The summed E-state index contributed by atoms with van der Waals surface area (Å²) in [5, 5.41) is 0. The zero-order chi connectivity index (χ0) is 15.6. The molecule has 1 aliphatic rings. The largest absolute Gasteiger partial charge is 0.497 e. The van der Waals surface area contributed by atoms with Crippen LogP contribution in [0, 0.1) is 0 Å². The Kier molecular flexibility index (Phi) is 3.71. The van der Waals surface area contributed by atoms with Crippen molar-refractivity contribution in [1.29, 1.82) is 0 Å². The van der Waals surface area contributed by atoms with E-state index in [1.165, 1.54) is 0 Å². The van der Waals surface area contributed by atoms with E-state index < -0.39 is 0 Å². The quantitative estimate of drug-likeness (QED) is 0.744. The molecule has 0 bridgehead atoms. The minimum absolute atomic E-state index is 0.403. The lowest BCUT2D eigenvalue weighted by molar-refractivity contribution is 0.0834. The molecule has 5 heteroatoms. The molecule has 0 saturated carbocycles. The van der Waals surface area contributed by atoms with Crippen LogP contribution in [0.15, 0.2) is 42.6 Å². The molecular weight excluding hydrogens is 290 g/mol. The molecule has 118 valence electrons. The van der Waals surface area contributed by atoms with Crippen LogP contribution < -0.4 is 4.74 Å². The number of rotatable bonds is 3. The monoisotopic (exact) mass is 309 g/mol. The number of ether oxygens (including phenoxy) is 2. The predicted molar refractivity (Wildman–Crippen MR) is 88.2 cm³/mol. The number of hydrogen-bond acceptors (Lipinski definition) is 4. The Hall–Kier alpha value is -2.40. The molecule has 0 radical (unpaired) electrons. The van der Waals surface area contributed by atoms with Gasteiger partial charge in [-0.3, -0.25) is 4.57 Å². The molecule has 1 aromatic carbocycles.